The van der Waals surface area contributed by atoms with Crippen molar-refractivity contribution in [1.82, 2.24) is 0 Å². The number of benzene rings is 5. The van der Waals surface area contributed by atoms with Crippen LogP contribution < -0.4 is 22.1 Å². The lowest BCUT2D eigenvalue weighted by Gasteiger charge is -2.21. The highest BCUT2D eigenvalue weighted by atomic mass is 14.9. The zero-order valence-corrected chi connectivity index (χ0v) is 21.9. The predicted molar refractivity (Wildman–Crippen MR) is 163 cm³/mol. The van der Waals surface area contributed by atoms with Gasteiger partial charge in [0, 0.05) is 46.0 Å². The summed E-state index contributed by atoms with van der Waals surface area (Å²) in [6, 6.07) is 41.5. The fraction of sp³-hybridized carbons (Fsp3) is 0.118. The van der Waals surface area contributed by atoms with Crippen molar-refractivity contribution >= 4 is 34.1 Å². The largest absolute Gasteiger partial charge is 0.399 e. The van der Waals surface area contributed by atoms with E-state index in [0.29, 0.717) is 0 Å². The van der Waals surface area contributed by atoms with Crippen LogP contribution in [-0.2, 0) is 0 Å². The quantitative estimate of drug-likeness (QED) is 0.161. The van der Waals surface area contributed by atoms with Crippen LogP contribution in [0.15, 0.2) is 121 Å². The lowest BCUT2D eigenvalue weighted by Crippen LogP contribution is -2.05. The van der Waals surface area contributed by atoms with E-state index in [1.54, 1.807) is 0 Å². The third-order valence-corrected chi connectivity index (χ3v) is 7.13. The molecule has 6 N–H and O–H groups in total. The molecule has 0 heterocycles. The molecule has 0 aromatic heterocycles. The Morgan fingerprint density at radius 3 is 1.21 bits per heavy atom. The zero-order valence-electron chi connectivity index (χ0n) is 21.9. The van der Waals surface area contributed by atoms with Crippen molar-refractivity contribution in [2.45, 2.75) is 25.7 Å². The van der Waals surface area contributed by atoms with Gasteiger partial charge < -0.3 is 22.1 Å². The average Bonchev–Trinajstić information content (AvgIpc) is 2.95. The molecule has 190 valence electrons. The van der Waals surface area contributed by atoms with Crippen LogP contribution in [0.5, 0.6) is 0 Å². The van der Waals surface area contributed by atoms with Gasteiger partial charge in [0.25, 0.3) is 0 Å². The minimum atomic E-state index is 0.164. The third kappa shape index (κ3) is 5.65. The summed E-state index contributed by atoms with van der Waals surface area (Å²) < 4.78 is 0. The summed E-state index contributed by atoms with van der Waals surface area (Å²) in [5.74, 6) is 0.327. The van der Waals surface area contributed by atoms with Crippen molar-refractivity contribution in [3.63, 3.8) is 0 Å². The molecule has 2 atom stereocenters. The molecule has 2 unspecified atom stereocenters. The number of nitrogens with two attached hydrogens (primary N) is 2. The smallest absolute Gasteiger partial charge is 0.0424 e. The van der Waals surface area contributed by atoms with E-state index in [1.807, 2.05) is 48.5 Å². The van der Waals surface area contributed by atoms with E-state index in [0.717, 1.165) is 34.1 Å². The summed E-state index contributed by atoms with van der Waals surface area (Å²) >= 11 is 0. The first-order valence-electron chi connectivity index (χ1n) is 13.0. The van der Waals surface area contributed by atoms with Crippen molar-refractivity contribution in [2.75, 3.05) is 22.1 Å². The van der Waals surface area contributed by atoms with Gasteiger partial charge in [-0.2, -0.15) is 0 Å². The van der Waals surface area contributed by atoms with Crippen LogP contribution in [0.1, 0.15) is 47.9 Å². The number of hydrogen-bond acceptors (Lipinski definition) is 4. The highest BCUT2D eigenvalue weighted by Crippen LogP contribution is 2.36. The van der Waals surface area contributed by atoms with Gasteiger partial charge in [-0.25, -0.2) is 0 Å². The van der Waals surface area contributed by atoms with Gasteiger partial charge in [0.15, 0.2) is 0 Å². The minimum Gasteiger partial charge on any atom is -0.399 e. The average molecular weight is 499 g/mol. The molecule has 0 spiro atoms. The molecule has 0 radical (unpaired) electrons. The predicted octanol–water partition coefficient (Wildman–Crippen LogP) is 8.64. The molecular formula is C34H34N4. The first-order chi connectivity index (χ1) is 18.5. The number of nitrogens with one attached hydrogen (secondary N) is 2. The first-order valence-corrected chi connectivity index (χ1v) is 13.0. The van der Waals surface area contributed by atoms with Crippen LogP contribution in [0, 0.1) is 0 Å². The Bertz CT molecular complexity index is 1380. The summed E-state index contributed by atoms with van der Waals surface area (Å²) in [6.45, 7) is 4.45. The van der Waals surface area contributed by atoms with E-state index in [4.69, 9.17) is 11.5 Å². The number of hydrogen-bond donors (Lipinski definition) is 4. The fourth-order valence-electron chi connectivity index (χ4n) is 4.89. The highest BCUT2D eigenvalue weighted by Gasteiger charge is 2.17. The van der Waals surface area contributed by atoms with Crippen LogP contribution in [-0.4, -0.2) is 0 Å². The summed E-state index contributed by atoms with van der Waals surface area (Å²) in [5.41, 5.74) is 23.0. The SMILES string of the molecule is CC(c1ccc(C(C)c2cc(N)ccc2Nc2ccccc2)cc1)c1cc(N)ccc1Nc1ccccc1. The maximum atomic E-state index is 6.20. The number of nitrogen functional groups attached to an aromatic ring is 2. The van der Waals surface area contributed by atoms with E-state index in [9.17, 15) is 0 Å². The molecule has 38 heavy (non-hydrogen) atoms. The topological polar surface area (TPSA) is 76.1 Å². The second-order valence-electron chi connectivity index (χ2n) is 9.79. The Morgan fingerprint density at radius 1 is 0.474 bits per heavy atom. The van der Waals surface area contributed by atoms with E-state index >= 15 is 0 Å². The van der Waals surface area contributed by atoms with Crippen LogP contribution in [0.25, 0.3) is 0 Å². The molecule has 5 aromatic carbocycles. The van der Waals surface area contributed by atoms with Crippen molar-refractivity contribution < 1.29 is 0 Å². The van der Waals surface area contributed by atoms with Gasteiger partial charge in [0.2, 0.25) is 0 Å². The summed E-state index contributed by atoms with van der Waals surface area (Å²) in [4.78, 5) is 0. The summed E-state index contributed by atoms with van der Waals surface area (Å²) in [5, 5.41) is 7.12. The van der Waals surface area contributed by atoms with E-state index in [2.05, 4.69) is 97.3 Å². The second kappa shape index (κ2) is 11.1. The molecule has 0 aliphatic rings. The Labute approximate surface area is 225 Å². The Balaban J connectivity index is 1.40. The minimum absolute atomic E-state index is 0.164. The third-order valence-electron chi connectivity index (χ3n) is 7.13. The number of para-hydroxylation sites is 2. The molecule has 0 saturated carbocycles. The molecule has 4 heteroatoms. The maximum absolute atomic E-state index is 6.20. The van der Waals surface area contributed by atoms with Crippen LogP contribution >= 0.6 is 0 Å². The van der Waals surface area contributed by atoms with Crippen molar-refractivity contribution in [1.29, 1.82) is 0 Å². The molecule has 5 aromatic rings. The molecule has 0 amide bonds. The molecule has 0 aliphatic heterocycles. The molecular weight excluding hydrogens is 464 g/mol. The second-order valence-corrected chi connectivity index (χ2v) is 9.79. The Morgan fingerprint density at radius 2 is 0.842 bits per heavy atom. The van der Waals surface area contributed by atoms with Gasteiger partial charge in [-0.15, -0.1) is 0 Å². The van der Waals surface area contributed by atoms with Crippen LogP contribution in [0.2, 0.25) is 0 Å². The first kappa shape index (κ1) is 25.0. The molecule has 0 saturated heterocycles. The lowest BCUT2D eigenvalue weighted by atomic mass is 9.87. The standard InChI is InChI=1S/C34H34N4/c1-23(31-21-27(35)17-19-33(31)37-29-9-5-3-6-10-29)25-13-15-26(16-14-25)24(2)32-22-28(36)18-20-34(32)38-30-11-7-4-8-12-30/h3-24,37-38H,35-36H2,1-2H3. The Hall–Kier alpha value is -4.70. The van der Waals surface area contributed by atoms with Crippen molar-refractivity contribution in [3.05, 3.63) is 144 Å². The Kier molecular flexibility index (Phi) is 7.32. The van der Waals surface area contributed by atoms with Crippen molar-refractivity contribution in [2.24, 2.45) is 0 Å². The summed E-state index contributed by atoms with van der Waals surface area (Å²) in [7, 11) is 0. The lowest BCUT2D eigenvalue weighted by molar-refractivity contribution is 0.901. The zero-order chi connectivity index (χ0) is 26.5. The number of rotatable bonds is 8. The molecule has 0 fully saturated rings. The van der Waals surface area contributed by atoms with E-state index in [1.165, 1.54) is 22.3 Å². The van der Waals surface area contributed by atoms with Crippen LogP contribution in [0.4, 0.5) is 34.1 Å². The number of anilines is 6. The summed E-state index contributed by atoms with van der Waals surface area (Å²) in [6.07, 6.45) is 0. The van der Waals surface area contributed by atoms with Gasteiger partial charge in [0.05, 0.1) is 0 Å². The van der Waals surface area contributed by atoms with Gasteiger partial charge in [-0.05, 0) is 82.9 Å². The van der Waals surface area contributed by atoms with E-state index in [-0.39, 0.29) is 11.8 Å². The van der Waals surface area contributed by atoms with Gasteiger partial charge in [0.1, 0.15) is 0 Å². The van der Waals surface area contributed by atoms with Crippen molar-refractivity contribution in [3.8, 4) is 0 Å². The normalized spacial score (nSPS) is 12.5. The molecule has 0 bridgehead atoms. The maximum Gasteiger partial charge on any atom is 0.0424 e. The molecule has 0 aliphatic carbocycles. The van der Waals surface area contributed by atoms with Gasteiger partial charge in [-0.3, -0.25) is 0 Å². The van der Waals surface area contributed by atoms with Crippen LogP contribution in [0.3, 0.4) is 0 Å². The highest BCUT2D eigenvalue weighted by molar-refractivity contribution is 5.69. The molecule has 5 rings (SSSR count). The van der Waals surface area contributed by atoms with E-state index < -0.39 is 0 Å². The molecule has 4 nitrogen and oxygen atoms in total. The van der Waals surface area contributed by atoms with Gasteiger partial charge in [-0.1, -0.05) is 74.5 Å². The van der Waals surface area contributed by atoms with Gasteiger partial charge >= 0.3 is 0 Å². The monoisotopic (exact) mass is 498 g/mol. The fourth-order valence-corrected chi connectivity index (χ4v) is 4.89.